The molecule has 2 amide bonds. The van der Waals surface area contributed by atoms with Crippen LogP contribution in [0.3, 0.4) is 0 Å². The number of benzene rings is 2. The molecule has 2 rings (SSSR count). The predicted octanol–water partition coefficient (Wildman–Crippen LogP) is 3.75. The molecule has 0 saturated carbocycles. The minimum atomic E-state index is -0.565. The first-order chi connectivity index (χ1) is 12.2. The van der Waals surface area contributed by atoms with Crippen LogP contribution in [0.5, 0.6) is 0 Å². The van der Waals surface area contributed by atoms with Gasteiger partial charge in [0.25, 0.3) is 5.91 Å². The highest BCUT2D eigenvalue weighted by Crippen LogP contribution is 2.15. The minimum absolute atomic E-state index is 0.130. The molecule has 0 aliphatic carbocycles. The Balaban J connectivity index is 2.11. The molecule has 0 saturated heterocycles. The number of esters is 1. The topological polar surface area (TPSA) is 63.7 Å². The number of hydrogen-bond acceptors (Lipinski definition) is 4. The standard InChI is InChI=1S/C21H23NO4/c1-15-7-5-6-8-18(15)19(24)22(14-23)13-16-9-11-17(12-10-16)20(25)26-21(2,3)4/h5-12,14H,13H2,1-4H3. The highest BCUT2D eigenvalue weighted by molar-refractivity contribution is 6.00. The van der Waals surface area contributed by atoms with E-state index in [1.54, 1.807) is 57.2 Å². The highest BCUT2D eigenvalue weighted by Gasteiger charge is 2.19. The van der Waals surface area contributed by atoms with Crippen LogP contribution in [0.1, 0.15) is 52.6 Å². The third-order valence-electron chi connectivity index (χ3n) is 3.71. The Labute approximate surface area is 153 Å². The zero-order valence-electron chi connectivity index (χ0n) is 15.5. The average molecular weight is 353 g/mol. The second-order valence-corrected chi connectivity index (χ2v) is 7.05. The Kier molecular flexibility index (Phi) is 5.93. The molecule has 0 atom stereocenters. The maximum Gasteiger partial charge on any atom is 0.338 e. The van der Waals surface area contributed by atoms with E-state index < -0.39 is 11.6 Å². The zero-order chi connectivity index (χ0) is 19.3. The van der Waals surface area contributed by atoms with E-state index in [0.717, 1.165) is 16.0 Å². The van der Waals surface area contributed by atoms with Crippen molar-refractivity contribution in [2.75, 3.05) is 0 Å². The van der Waals surface area contributed by atoms with Gasteiger partial charge in [-0.25, -0.2) is 4.79 Å². The van der Waals surface area contributed by atoms with E-state index in [9.17, 15) is 14.4 Å². The van der Waals surface area contributed by atoms with Gasteiger partial charge in [0.2, 0.25) is 6.41 Å². The summed E-state index contributed by atoms with van der Waals surface area (Å²) in [5.41, 5.74) is 1.90. The van der Waals surface area contributed by atoms with E-state index in [-0.39, 0.29) is 12.5 Å². The number of imide groups is 1. The molecular formula is C21H23NO4. The van der Waals surface area contributed by atoms with Crippen LogP contribution in [0.25, 0.3) is 0 Å². The van der Waals surface area contributed by atoms with Gasteiger partial charge in [0.15, 0.2) is 0 Å². The lowest BCUT2D eigenvalue weighted by atomic mass is 10.1. The van der Waals surface area contributed by atoms with Crippen molar-refractivity contribution >= 4 is 18.3 Å². The predicted molar refractivity (Wildman–Crippen MR) is 98.7 cm³/mol. The fraction of sp³-hybridized carbons (Fsp3) is 0.286. The van der Waals surface area contributed by atoms with E-state index in [0.29, 0.717) is 17.5 Å². The normalized spacial score (nSPS) is 10.9. The number of carbonyl (C=O) groups excluding carboxylic acids is 3. The maximum absolute atomic E-state index is 12.6. The lowest BCUT2D eigenvalue weighted by Crippen LogP contribution is -2.29. The van der Waals surface area contributed by atoms with E-state index in [1.165, 1.54) is 0 Å². The van der Waals surface area contributed by atoms with E-state index in [2.05, 4.69) is 0 Å². The molecule has 0 fully saturated rings. The van der Waals surface area contributed by atoms with Crippen molar-refractivity contribution in [2.24, 2.45) is 0 Å². The van der Waals surface area contributed by atoms with E-state index >= 15 is 0 Å². The summed E-state index contributed by atoms with van der Waals surface area (Å²) in [5, 5.41) is 0. The smallest absolute Gasteiger partial charge is 0.338 e. The van der Waals surface area contributed by atoms with Crippen molar-refractivity contribution in [1.29, 1.82) is 0 Å². The van der Waals surface area contributed by atoms with Crippen LogP contribution in [-0.4, -0.2) is 28.8 Å². The summed E-state index contributed by atoms with van der Waals surface area (Å²) in [5.74, 6) is -0.762. The molecule has 26 heavy (non-hydrogen) atoms. The molecule has 5 heteroatoms. The average Bonchev–Trinajstić information content (AvgIpc) is 2.58. The van der Waals surface area contributed by atoms with E-state index in [4.69, 9.17) is 4.74 Å². The first-order valence-electron chi connectivity index (χ1n) is 8.35. The molecule has 0 aliphatic rings. The largest absolute Gasteiger partial charge is 0.456 e. The molecule has 2 aromatic carbocycles. The summed E-state index contributed by atoms with van der Waals surface area (Å²) in [6.07, 6.45) is 0.524. The second kappa shape index (κ2) is 7.95. The lowest BCUT2D eigenvalue weighted by molar-refractivity contribution is -0.116. The number of carbonyl (C=O) groups is 3. The first kappa shape index (κ1) is 19.4. The molecule has 0 bridgehead atoms. The van der Waals surface area contributed by atoms with Gasteiger partial charge in [-0.1, -0.05) is 30.3 Å². The second-order valence-electron chi connectivity index (χ2n) is 7.05. The summed E-state index contributed by atoms with van der Waals surface area (Å²) in [6.45, 7) is 7.37. The first-order valence-corrected chi connectivity index (χ1v) is 8.35. The van der Waals surface area contributed by atoms with E-state index in [1.807, 2.05) is 19.1 Å². The minimum Gasteiger partial charge on any atom is -0.456 e. The van der Waals surface area contributed by atoms with Crippen molar-refractivity contribution in [3.63, 3.8) is 0 Å². The van der Waals surface area contributed by atoms with Gasteiger partial charge >= 0.3 is 5.97 Å². The number of amides is 2. The summed E-state index contributed by atoms with van der Waals surface area (Å²) < 4.78 is 5.32. The quantitative estimate of drug-likeness (QED) is 0.607. The van der Waals surface area contributed by atoms with Gasteiger partial charge in [-0.05, 0) is 57.0 Å². The molecule has 2 aromatic rings. The van der Waals surface area contributed by atoms with Crippen molar-refractivity contribution in [3.8, 4) is 0 Å². The number of aryl methyl sites for hydroxylation is 1. The molecule has 0 N–H and O–H groups in total. The van der Waals surface area contributed by atoms with Crippen molar-refractivity contribution in [3.05, 3.63) is 70.8 Å². The molecule has 5 nitrogen and oxygen atoms in total. The fourth-order valence-electron chi connectivity index (χ4n) is 2.40. The Hall–Kier alpha value is -2.95. The van der Waals surface area contributed by atoms with Gasteiger partial charge in [0.05, 0.1) is 12.1 Å². The third kappa shape index (κ3) is 5.02. The molecule has 0 unspecified atom stereocenters. The Morgan fingerprint density at radius 2 is 1.65 bits per heavy atom. The summed E-state index contributed by atoms with van der Waals surface area (Å²) in [6, 6.07) is 13.8. The van der Waals surface area contributed by atoms with Gasteiger partial charge in [-0.3, -0.25) is 14.5 Å². The third-order valence-corrected chi connectivity index (χ3v) is 3.71. The maximum atomic E-state index is 12.6. The van der Waals surface area contributed by atoms with Crippen molar-refractivity contribution in [2.45, 2.75) is 39.8 Å². The monoisotopic (exact) mass is 353 g/mol. The molecular weight excluding hydrogens is 330 g/mol. The Morgan fingerprint density at radius 1 is 1.04 bits per heavy atom. The van der Waals surface area contributed by atoms with Crippen LogP contribution in [0.4, 0.5) is 0 Å². The van der Waals surface area contributed by atoms with Gasteiger partial charge < -0.3 is 4.74 Å². The number of ether oxygens (including phenoxy) is 1. The molecule has 0 aliphatic heterocycles. The number of hydrogen-bond donors (Lipinski definition) is 0. The van der Waals surface area contributed by atoms with Crippen LogP contribution in [-0.2, 0) is 16.1 Å². The number of nitrogens with zero attached hydrogens (tertiary/aromatic N) is 1. The van der Waals surface area contributed by atoms with Crippen molar-refractivity contribution in [1.82, 2.24) is 4.90 Å². The molecule has 136 valence electrons. The lowest BCUT2D eigenvalue weighted by Gasteiger charge is -2.20. The molecule has 0 aromatic heterocycles. The zero-order valence-corrected chi connectivity index (χ0v) is 15.5. The summed E-state index contributed by atoms with van der Waals surface area (Å²) in [4.78, 5) is 37.1. The fourth-order valence-corrected chi connectivity index (χ4v) is 2.40. The van der Waals surface area contributed by atoms with Crippen LogP contribution in [0, 0.1) is 6.92 Å². The number of rotatable bonds is 5. The van der Waals surface area contributed by atoms with Crippen LogP contribution in [0.15, 0.2) is 48.5 Å². The van der Waals surface area contributed by atoms with Gasteiger partial charge in [-0.2, -0.15) is 0 Å². The van der Waals surface area contributed by atoms with Crippen LogP contribution < -0.4 is 0 Å². The Morgan fingerprint density at radius 3 is 2.19 bits per heavy atom. The highest BCUT2D eigenvalue weighted by atomic mass is 16.6. The van der Waals surface area contributed by atoms with Crippen LogP contribution >= 0.6 is 0 Å². The molecule has 0 heterocycles. The van der Waals surface area contributed by atoms with Crippen molar-refractivity contribution < 1.29 is 19.1 Å². The summed E-state index contributed by atoms with van der Waals surface area (Å²) >= 11 is 0. The molecule has 0 radical (unpaired) electrons. The van der Waals surface area contributed by atoms with Gasteiger partial charge in [-0.15, -0.1) is 0 Å². The van der Waals surface area contributed by atoms with Gasteiger partial charge in [0.1, 0.15) is 5.60 Å². The van der Waals surface area contributed by atoms with Crippen LogP contribution in [0.2, 0.25) is 0 Å². The SMILES string of the molecule is Cc1ccccc1C(=O)N(C=O)Cc1ccc(C(=O)OC(C)(C)C)cc1. The Bertz CT molecular complexity index is 804. The van der Waals surface area contributed by atoms with Gasteiger partial charge in [0, 0.05) is 5.56 Å². The molecule has 0 spiro atoms. The summed E-state index contributed by atoms with van der Waals surface area (Å²) in [7, 11) is 0.